The van der Waals surface area contributed by atoms with E-state index in [-0.39, 0.29) is 24.3 Å². The van der Waals surface area contributed by atoms with E-state index in [2.05, 4.69) is 10.3 Å². The van der Waals surface area contributed by atoms with Gasteiger partial charge in [-0.3, -0.25) is 24.7 Å². The van der Waals surface area contributed by atoms with Crippen molar-refractivity contribution in [2.24, 2.45) is 0 Å². The molecule has 1 heterocycles. The maximum atomic E-state index is 12.4. The highest BCUT2D eigenvalue weighted by molar-refractivity contribution is 5.96. The van der Waals surface area contributed by atoms with E-state index in [1.54, 1.807) is 6.92 Å². The number of carboxylic acids is 1. The van der Waals surface area contributed by atoms with Crippen molar-refractivity contribution in [3.8, 4) is 0 Å². The van der Waals surface area contributed by atoms with Gasteiger partial charge in [-0.25, -0.2) is 4.79 Å². The molecule has 0 aliphatic heterocycles. The predicted molar refractivity (Wildman–Crippen MR) is 100 cm³/mol. The molecule has 0 spiro atoms. The van der Waals surface area contributed by atoms with Crippen LogP contribution in [0.1, 0.15) is 35.2 Å². The molecule has 0 fully saturated rings. The van der Waals surface area contributed by atoms with Crippen molar-refractivity contribution >= 4 is 23.5 Å². The molecule has 29 heavy (non-hydrogen) atoms. The van der Waals surface area contributed by atoms with Crippen LogP contribution in [0.15, 0.2) is 48.8 Å². The number of carbonyl (C=O) groups is 3. The number of hydrogen-bond acceptors (Lipinski definition) is 7. The molecule has 0 unspecified atom stereocenters. The molecule has 0 bridgehead atoms. The summed E-state index contributed by atoms with van der Waals surface area (Å²) < 4.78 is 4.91. The van der Waals surface area contributed by atoms with Crippen LogP contribution in [0.25, 0.3) is 0 Å². The molecule has 2 atom stereocenters. The summed E-state index contributed by atoms with van der Waals surface area (Å²) in [6.07, 6.45) is 2.41. The highest BCUT2D eigenvalue weighted by Gasteiger charge is 2.33. The average molecular weight is 401 g/mol. The number of nitro groups is 1. The molecular weight excluding hydrogens is 382 g/mol. The predicted octanol–water partition coefficient (Wildman–Crippen LogP) is 1.91. The molecule has 0 aliphatic rings. The summed E-state index contributed by atoms with van der Waals surface area (Å²) in [6, 6.07) is 6.63. The molecular formula is C19H19N3O7. The van der Waals surface area contributed by atoms with E-state index >= 15 is 0 Å². The number of carbonyl (C=O) groups excluding carboxylic acids is 2. The van der Waals surface area contributed by atoms with Crippen LogP contribution in [0.2, 0.25) is 0 Å². The van der Waals surface area contributed by atoms with Crippen LogP contribution in [0.4, 0.5) is 5.69 Å². The average Bonchev–Trinajstić information content (AvgIpc) is 2.71. The number of benzene rings is 1. The number of hydrogen-bond donors (Lipinski definition) is 2. The molecule has 0 radical (unpaired) electrons. The van der Waals surface area contributed by atoms with Gasteiger partial charge in [0.1, 0.15) is 6.04 Å². The monoisotopic (exact) mass is 401 g/mol. The molecule has 152 valence electrons. The normalized spacial score (nSPS) is 12.4. The van der Waals surface area contributed by atoms with Gasteiger partial charge in [0.05, 0.1) is 23.5 Å². The summed E-state index contributed by atoms with van der Waals surface area (Å²) in [5.41, 5.74) is 0.301. The molecule has 2 rings (SSSR count). The van der Waals surface area contributed by atoms with Gasteiger partial charge in [-0.05, 0) is 24.6 Å². The molecule has 1 aromatic carbocycles. The minimum atomic E-state index is -1.48. The van der Waals surface area contributed by atoms with Crippen molar-refractivity contribution in [1.82, 2.24) is 10.3 Å². The van der Waals surface area contributed by atoms with Gasteiger partial charge in [0.2, 0.25) is 0 Å². The number of rotatable bonds is 9. The largest absolute Gasteiger partial charge is 0.480 e. The molecule has 10 nitrogen and oxygen atoms in total. The SMILES string of the molecule is CCOC(=O)C[C@@H](c1ccc([N+](=O)[O-])cc1)[C@H](NC(=O)c1cccnc1)C(=O)O. The Hall–Kier alpha value is -3.82. The lowest BCUT2D eigenvalue weighted by Gasteiger charge is -2.24. The van der Waals surface area contributed by atoms with E-state index in [9.17, 15) is 29.6 Å². The zero-order chi connectivity index (χ0) is 21.4. The summed E-state index contributed by atoms with van der Waals surface area (Å²) in [7, 11) is 0. The van der Waals surface area contributed by atoms with E-state index in [1.807, 2.05) is 0 Å². The van der Waals surface area contributed by atoms with Gasteiger partial charge in [0.25, 0.3) is 11.6 Å². The standard InChI is InChI=1S/C19H19N3O7/c1-2-29-16(23)10-15(12-5-7-14(8-6-12)22(27)28)17(19(25)26)21-18(24)13-4-3-9-20-11-13/h3-9,11,15,17H,2,10H2,1H3,(H,21,24)(H,25,26)/t15-,17-/m0/s1. The van der Waals surface area contributed by atoms with Crippen molar-refractivity contribution < 1.29 is 29.2 Å². The van der Waals surface area contributed by atoms with Crippen LogP contribution in [-0.4, -0.2) is 45.5 Å². The number of pyridine rings is 1. The number of nitrogens with zero attached hydrogens (tertiary/aromatic N) is 2. The first-order valence-electron chi connectivity index (χ1n) is 8.67. The minimum absolute atomic E-state index is 0.103. The van der Waals surface area contributed by atoms with Crippen LogP contribution >= 0.6 is 0 Å². The van der Waals surface area contributed by atoms with Gasteiger partial charge in [-0.2, -0.15) is 0 Å². The third kappa shape index (κ3) is 5.83. The Morgan fingerprint density at radius 1 is 1.24 bits per heavy atom. The Morgan fingerprint density at radius 2 is 1.93 bits per heavy atom. The highest BCUT2D eigenvalue weighted by Crippen LogP contribution is 2.27. The Kier molecular flexibility index (Phi) is 7.35. The Morgan fingerprint density at radius 3 is 2.45 bits per heavy atom. The molecule has 10 heteroatoms. The topological polar surface area (TPSA) is 149 Å². The van der Waals surface area contributed by atoms with Crippen molar-refractivity contribution in [2.75, 3.05) is 6.61 Å². The van der Waals surface area contributed by atoms with Crippen molar-refractivity contribution in [3.63, 3.8) is 0 Å². The first-order valence-corrected chi connectivity index (χ1v) is 8.67. The van der Waals surface area contributed by atoms with Gasteiger partial charge in [0, 0.05) is 30.4 Å². The number of nitro benzene ring substituents is 1. The Bertz CT molecular complexity index is 884. The lowest BCUT2D eigenvalue weighted by molar-refractivity contribution is -0.384. The fourth-order valence-electron chi connectivity index (χ4n) is 2.73. The van der Waals surface area contributed by atoms with Gasteiger partial charge >= 0.3 is 11.9 Å². The minimum Gasteiger partial charge on any atom is -0.480 e. The second kappa shape index (κ2) is 9.93. The van der Waals surface area contributed by atoms with Crippen LogP contribution in [0.3, 0.4) is 0 Å². The summed E-state index contributed by atoms with van der Waals surface area (Å²) in [5.74, 6) is -3.71. The molecule has 1 amide bonds. The van der Waals surface area contributed by atoms with Gasteiger partial charge < -0.3 is 15.2 Å². The number of nitrogens with one attached hydrogen (secondary N) is 1. The Balaban J connectivity index is 2.36. The number of ether oxygens (including phenoxy) is 1. The van der Waals surface area contributed by atoms with E-state index in [1.165, 1.54) is 48.8 Å². The zero-order valence-corrected chi connectivity index (χ0v) is 15.5. The Labute approximate surface area is 165 Å². The van der Waals surface area contributed by atoms with E-state index in [0.29, 0.717) is 5.56 Å². The summed E-state index contributed by atoms with van der Waals surface area (Å²) in [6.45, 7) is 1.71. The van der Waals surface area contributed by atoms with Crippen molar-refractivity contribution in [1.29, 1.82) is 0 Å². The fourth-order valence-corrected chi connectivity index (χ4v) is 2.73. The number of carboxylic acid groups (broad SMARTS) is 1. The van der Waals surface area contributed by atoms with Gasteiger partial charge in [0.15, 0.2) is 0 Å². The van der Waals surface area contributed by atoms with Crippen LogP contribution in [-0.2, 0) is 14.3 Å². The van der Waals surface area contributed by atoms with E-state index in [4.69, 9.17) is 4.74 Å². The lowest BCUT2D eigenvalue weighted by atomic mass is 9.88. The number of aliphatic carboxylic acids is 1. The van der Waals surface area contributed by atoms with Crippen LogP contribution in [0, 0.1) is 10.1 Å². The van der Waals surface area contributed by atoms with Gasteiger partial charge in [-0.1, -0.05) is 12.1 Å². The number of non-ortho nitro benzene ring substituents is 1. The first-order chi connectivity index (χ1) is 13.8. The smallest absolute Gasteiger partial charge is 0.326 e. The molecule has 0 saturated carbocycles. The maximum absolute atomic E-state index is 12.4. The highest BCUT2D eigenvalue weighted by atomic mass is 16.6. The molecule has 1 aromatic heterocycles. The molecule has 0 saturated heterocycles. The second-order valence-electron chi connectivity index (χ2n) is 6.00. The molecule has 2 N–H and O–H groups in total. The second-order valence-corrected chi connectivity index (χ2v) is 6.00. The third-order valence-corrected chi connectivity index (χ3v) is 4.10. The zero-order valence-electron chi connectivity index (χ0n) is 15.5. The third-order valence-electron chi connectivity index (χ3n) is 4.10. The van der Waals surface area contributed by atoms with Gasteiger partial charge in [-0.15, -0.1) is 0 Å². The quantitative estimate of drug-likeness (QED) is 0.368. The van der Waals surface area contributed by atoms with Crippen molar-refractivity contribution in [2.45, 2.75) is 25.3 Å². The van der Waals surface area contributed by atoms with Crippen LogP contribution in [0.5, 0.6) is 0 Å². The number of amides is 1. The van der Waals surface area contributed by atoms with Crippen molar-refractivity contribution in [3.05, 3.63) is 70.0 Å². The maximum Gasteiger partial charge on any atom is 0.326 e. The number of esters is 1. The van der Waals surface area contributed by atoms with E-state index < -0.39 is 34.7 Å². The molecule has 2 aromatic rings. The molecule has 0 aliphatic carbocycles. The summed E-state index contributed by atoms with van der Waals surface area (Å²) >= 11 is 0. The summed E-state index contributed by atoms with van der Waals surface area (Å²) in [4.78, 5) is 50.5. The summed E-state index contributed by atoms with van der Waals surface area (Å²) in [5, 5.41) is 23.0. The fraction of sp³-hybridized carbons (Fsp3) is 0.263. The van der Waals surface area contributed by atoms with E-state index in [0.717, 1.165) is 0 Å². The van der Waals surface area contributed by atoms with Crippen LogP contribution < -0.4 is 5.32 Å². The number of aromatic nitrogens is 1. The lowest BCUT2D eigenvalue weighted by Crippen LogP contribution is -2.45. The first kappa shape index (κ1) is 21.5.